The number of nitrogens with one attached hydrogen (secondary N) is 1. The van der Waals surface area contributed by atoms with Gasteiger partial charge in [-0.15, -0.1) is 0 Å². The number of aryl methyl sites for hydroxylation is 1. The lowest BCUT2D eigenvalue weighted by molar-refractivity contribution is -0.386. The van der Waals surface area contributed by atoms with Crippen LogP contribution in [-0.2, 0) is 16.6 Å². The number of hydrogen-bond acceptors (Lipinski definition) is 7. The SMILES string of the molecule is Cn1ncc([N+](=O)[O-])c1OC[C@H](NC(=O)OC(C)(C)C)C(=O)O.S. The molecule has 0 unspecified atom stereocenters. The fourth-order valence-corrected chi connectivity index (χ4v) is 1.49. The summed E-state index contributed by atoms with van der Waals surface area (Å²) in [6.07, 6.45) is 0.0415. The van der Waals surface area contributed by atoms with Crippen LogP contribution in [0.4, 0.5) is 10.5 Å². The number of amides is 1. The predicted molar refractivity (Wildman–Crippen MR) is 86.5 cm³/mol. The second kappa shape index (κ2) is 8.38. The molecule has 0 aliphatic heterocycles. The first kappa shape index (κ1) is 21.5. The van der Waals surface area contributed by atoms with Crippen molar-refractivity contribution in [1.82, 2.24) is 15.1 Å². The van der Waals surface area contributed by atoms with Crippen molar-refractivity contribution in [1.29, 1.82) is 0 Å². The number of aliphatic carboxylic acids is 1. The molecule has 1 heterocycles. The van der Waals surface area contributed by atoms with Gasteiger partial charge in [0.2, 0.25) is 0 Å². The maximum Gasteiger partial charge on any atom is 0.408 e. The number of hydrogen-bond donors (Lipinski definition) is 2. The zero-order valence-corrected chi connectivity index (χ0v) is 14.6. The highest BCUT2D eigenvalue weighted by molar-refractivity contribution is 7.59. The van der Waals surface area contributed by atoms with Gasteiger partial charge in [-0.25, -0.2) is 14.3 Å². The van der Waals surface area contributed by atoms with E-state index in [1.54, 1.807) is 20.8 Å². The number of carbonyl (C=O) groups excluding carboxylic acids is 1. The molecular formula is C12H20N4O7S. The van der Waals surface area contributed by atoms with Crippen molar-refractivity contribution in [2.75, 3.05) is 6.61 Å². The largest absolute Gasteiger partial charge is 0.480 e. The molecule has 1 rings (SSSR count). The average molecular weight is 364 g/mol. The van der Waals surface area contributed by atoms with Crippen molar-refractivity contribution < 1.29 is 29.1 Å². The highest BCUT2D eigenvalue weighted by Gasteiger charge is 2.27. The van der Waals surface area contributed by atoms with E-state index >= 15 is 0 Å². The first-order chi connectivity index (χ1) is 10.5. The first-order valence-corrected chi connectivity index (χ1v) is 6.52. The minimum Gasteiger partial charge on any atom is -0.480 e. The zero-order valence-electron chi connectivity index (χ0n) is 13.6. The predicted octanol–water partition coefficient (Wildman–Crippen LogP) is 0.798. The lowest BCUT2D eigenvalue weighted by Crippen LogP contribution is -2.46. The Kier molecular flexibility index (Phi) is 7.51. The lowest BCUT2D eigenvalue weighted by Gasteiger charge is -2.22. The van der Waals surface area contributed by atoms with Gasteiger partial charge >= 0.3 is 17.7 Å². The third-order valence-electron chi connectivity index (χ3n) is 2.44. The fraction of sp³-hybridized carbons (Fsp3) is 0.583. The van der Waals surface area contributed by atoms with E-state index in [2.05, 4.69) is 10.4 Å². The normalized spacial score (nSPS) is 11.8. The second-order valence-electron chi connectivity index (χ2n) is 5.56. The van der Waals surface area contributed by atoms with E-state index in [4.69, 9.17) is 14.6 Å². The Morgan fingerprint density at radius 3 is 2.54 bits per heavy atom. The van der Waals surface area contributed by atoms with Crippen LogP contribution < -0.4 is 10.1 Å². The molecule has 11 nitrogen and oxygen atoms in total. The highest BCUT2D eigenvalue weighted by atomic mass is 32.1. The van der Waals surface area contributed by atoms with Crippen LogP contribution in [0.15, 0.2) is 6.20 Å². The second-order valence-corrected chi connectivity index (χ2v) is 5.56. The molecule has 1 aromatic heterocycles. The molecule has 24 heavy (non-hydrogen) atoms. The Balaban J connectivity index is 0.00000529. The Morgan fingerprint density at radius 2 is 2.08 bits per heavy atom. The molecule has 1 amide bonds. The number of nitrogens with zero attached hydrogens (tertiary/aromatic N) is 3. The third-order valence-corrected chi connectivity index (χ3v) is 2.44. The van der Waals surface area contributed by atoms with Crippen molar-refractivity contribution in [3.8, 4) is 5.88 Å². The number of carboxylic acids is 1. The van der Waals surface area contributed by atoms with Crippen LogP contribution in [0.3, 0.4) is 0 Å². The van der Waals surface area contributed by atoms with Crippen molar-refractivity contribution in [2.45, 2.75) is 32.4 Å². The molecule has 0 fully saturated rings. The van der Waals surface area contributed by atoms with Crippen LogP contribution >= 0.6 is 13.5 Å². The van der Waals surface area contributed by atoms with E-state index in [1.807, 2.05) is 0 Å². The molecule has 12 heteroatoms. The average Bonchev–Trinajstić information content (AvgIpc) is 2.73. The number of rotatable bonds is 6. The van der Waals surface area contributed by atoms with Gasteiger partial charge in [-0.2, -0.15) is 18.6 Å². The van der Waals surface area contributed by atoms with Gasteiger partial charge in [0.1, 0.15) is 18.4 Å². The summed E-state index contributed by atoms with van der Waals surface area (Å²) in [5.74, 6) is -1.59. The van der Waals surface area contributed by atoms with E-state index in [-0.39, 0.29) is 19.4 Å². The molecule has 0 spiro atoms. The number of aromatic nitrogens is 2. The molecule has 2 N–H and O–H groups in total. The van der Waals surface area contributed by atoms with Crippen molar-refractivity contribution in [2.24, 2.45) is 7.05 Å². The van der Waals surface area contributed by atoms with Gasteiger partial charge in [0.25, 0.3) is 5.88 Å². The molecule has 0 bridgehead atoms. The molecule has 1 aromatic rings. The summed E-state index contributed by atoms with van der Waals surface area (Å²) in [4.78, 5) is 32.9. The van der Waals surface area contributed by atoms with Gasteiger partial charge in [0, 0.05) is 7.05 Å². The van der Waals surface area contributed by atoms with Crippen LogP contribution in [0.1, 0.15) is 20.8 Å². The maximum absolute atomic E-state index is 11.6. The Bertz CT molecular complexity index is 611. The highest BCUT2D eigenvalue weighted by Crippen LogP contribution is 2.25. The molecule has 0 aliphatic carbocycles. The van der Waals surface area contributed by atoms with E-state index < -0.39 is 40.9 Å². The summed E-state index contributed by atoms with van der Waals surface area (Å²) in [5, 5.41) is 25.7. The number of ether oxygens (including phenoxy) is 2. The van der Waals surface area contributed by atoms with Crippen LogP contribution in [0.5, 0.6) is 5.88 Å². The maximum atomic E-state index is 11.6. The number of carbonyl (C=O) groups is 2. The minimum absolute atomic E-state index is 0. The number of nitro groups is 1. The van der Waals surface area contributed by atoms with Crippen LogP contribution in [-0.4, -0.2) is 50.1 Å². The van der Waals surface area contributed by atoms with Crippen molar-refractivity contribution in [3.05, 3.63) is 16.3 Å². The van der Waals surface area contributed by atoms with Gasteiger partial charge in [0.15, 0.2) is 6.04 Å². The minimum atomic E-state index is -1.45. The summed E-state index contributed by atoms with van der Waals surface area (Å²) >= 11 is 0. The number of alkyl carbamates (subject to hydrolysis) is 1. The molecule has 0 saturated heterocycles. The Labute approximate surface area is 144 Å². The molecule has 0 radical (unpaired) electrons. The summed E-state index contributed by atoms with van der Waals surface area (Å²) in [6.45, 7) is 4.34. The summed E-state index contributed by atoms with van der Waals surface area (Å²) in [6, 6.07) is -1.45. The number of carboxylic acid groups (broad SMARTS) is 1. The Morgan fingerprint density at radius 1 is 1.50 bits per heavy atom. The third kappa shape index (κ3) is 6.32. The van der Waals surface area contributed by atoms with Crippen molar-refractivity contribution in [3.63, 3.8) is 0 Å². The van der Waals surface area contributed by atoms with Gasteiger partial charge in [-0.05, 0) is 20.8 Å². The summed E-state index contributed by atoms with van der Waals surface area (Å²) in [7, 11) is 1.40. The van der Waals surface area contributed by atoms with E-state index in [0.29, 0.717) is 0 Å². The van der Waals surface area contributed by atoms with Gasteiger partial charge in [-0.1, -0.05) is 0 Å². The summed E-state index contributed by atoms with van der Waals surface area (Å²) in [5.41, 5.74) is -1.21. The molecule has 136 valence electrons. The van der Waals surface area contributed by atoms with E-state index in [0.717, 1.165) is 10.9 Å². The van der Waals surface area contributed by atoms with Crippen LogP contribution in [0.25, 0.3) is 0 Å². The fourth-order valence-electron chi connectivity index (χ4n) is 1.49. The monoisotopic (exact) mass is 364 g/mol. The molecule has 0 saturated carbocycles. The quantitative estimate of drug-likeness (QED) is 0.556. The molecular weight excluding hydrogens is 344 g/mol. The van der Waals surface area contributed by atoms with Crippen molar-refractivity contribution >= 4 is 31.2 Å². The first-order valence-electron chi connectivity index (χ1n) is 6.52. The Hall–Kier alpha value is -2.50. The zero-order chi connectivity index (χ0) is 17.8. The topological polar surface area (TPSA) is 146 Å². The van der Waals surface area contributed by atoms with Gasteiger partial charge < -0.3 is 19.9 Å². The van der Waals surface area contributed by atoms with Crippen LogP contribution in [0.2, 0.25) is 0 Å². The molecule has 0 aromatic carbocycles. The smallest absolute Gasteiger partial charge is 0.408 e. The summed E-state index contributed by atoms with van der Waals surface area (Å²) < 4.78 is 11.2. The lowest BCUT2D eigenvalue weighted by atomic mass is 10.2. The molecule has 1 atom stereocenters. The standard InChI is InChI=1S/C12H18N4O7.H2S/c1-12(2,3)23-11(19)14-7(10(17)18)6-22-9-8(16(20)21)5-13-15(9)4;/h5,7H,6H2,1-4H3,(H,14,19)(H,17,18);1H2/t7-;/m0./s1. The van der Waals surface area contributed by atoms with E-state index in [9.17, 15) is 19.7 Å². The van der Waals surface area contributed by atoms with Crippen LogP contribution in [0, 0.1) is 10.1 Å². The van der Waals surface area contributed by atoms with E-state index in [1.165, 1.54) is 7.05 Å². The van der Waals surface area contributed by atoms with Gasteiger partial charge in [0.05, 0.1) is 4.92 Å². The molecule has 0 aliphatic rings. The van der Waals surface area contributed by atoms with Gasteiger partial charge in [-0.3, -0.25) is 10.1 Å².